The van der Waals surface area contributed by atoms with E-state index in [0.29, 0.717) is 15.7 Å². The van der Waals surface area contributed by atoms with Gasteiger partial charge in [0.15, 0.2) is 0 Å². The zero-order valence-corrected chi connectivity index (χ0v) is 9.97. The minimum Gasteiger partial charge on any atom is -0.468 e. The maximum Gasteiger partial charge on any atom is 0.131 e. The molecule has 0 atom stereocenters. The number of pyridine rings is 1. The first kappa shape index (κ1) is 11.1. The molecule has 0 spiro atoms. The molecule has 0 saturated heterocycles. The molecular weight excluding hydrogens is 244 g/mol. The fraction of sp³-hybridized carbons (Fsp3) is 0.0909. The van der Waals surface area contributed by atoms with Crippen LogP contribution in [0.3, 0.4) is 0 Å². The van der Waals surface area contributed by atoms with Crippen LogP contribution < -0.4 is 0 Å². The molecule has 0 radical (unpaired) electrons. The van der Waals surface area contributed by atoms with Crippen molar-refractivity contribution in [2.75, 3.05) is 0 Å². The molecule has 0 N–H and O–H groups in total. The lowest BCUT2D eigenvalue weighted by molar-refractivity contribution is 0.527. The Bertz CT molecular complexity index is 559. The van der Waals surface area contributed by atoms with Crippen molar-refractivity contribution in [2.24, 2.45) is 0 Å². The van der Waals surface area contributed by atoms with Crippen LogP contribution >= 0.6 is 23.4 Å². The van der Waals surface area contributed by atoms with Gasteiger partial charge in [0.05, 0.1) is 22.8 Å². The van der Waals surface area contributed by atoms with Crippen molar-refractivity contribution < 1.29 is 4.42 Å². The van der Waals surface area contributed by atoms with E-state index in [-0.39, 0.29) is 0 Å². The summed E-state index contributed by atoms with van der Waals surface area (Å²) >= 11 is 7.23. The quantitative estimate of drug-likeness (QED) is 0.764. The summed E-state index contributed by atoms with van der Waals surface area (Å²) < 4.78 is 5.18. The Morgan fingerprint density at radius 3 is 2.94 bits per heavy atom. The van der Waals surface area contributed by atoms with Crippen LogP contribution in [0.25, 0.3) is 0 Å². The van der Waals surface area contributed by atoms with E-state index in [9.17, 15) is 0 Å². The van der Waals surface area contributed by atoms with Crippen molar-refractivity contribution in [1.29, 1.82) is 5.26 Å². The SMILES string of the molecule is Cc1occc1Sc1cc(C#N)cc(Cl)n1. The van der Waals surface area contributed by atoms with E-state index in [1.807, 2.05) is 19.1 Å². The second kappa shape index (κ2) is 4.60. The van der Waals surface area contributed by atoms with Crippen LogP contribution in [0.1, 0.15) is 11.3 Å². The lowest BCUT2D eigenvalue weighted by Crippen LogP contribution is -1.84. The van der Waals surface area contributed by atoms with Gasteiger partial charge in [-0.05, 0) is 25.1 Å². The Balaban J connectivity index is 2.32. The first-order valence-corrected chi connectivity index (χ1v) is 5.68. The zero-order valence-electron chi connectivity index (χ0n) is 8.40. The molecule has 2 heterocycles. The van der Waals surface area contributed by atoms with E-state index < -0.39 is 0 Å². The highest BCUT2D eigenvalue weighted by Crippen LogP contribution is 2.30. The smallest absolute Gasteiger partial charge is 0.131 e. The maximum atomic E-state index is 8.80. The van der Waals surface area contributed by atoms with E-state index in [1.54, 1.807) is 12.3 Å². The number of nitrogens with zero attached hydrogens (tertiary/aromatic N) is 2. The number of hydrogen-bond donors (Lipinski definition) is 0. The molecule has 0 aliphatic rings. The van der Waals surface area contributed by atoms with Gasteiger partial charge in [0, 0.05) is 0 Å². The number of nitriles is 1. The summed E-state index contributed by atoms with van der Waals surface area (Å²) in [5.41, 5.74) is 0.503. The van der Waals surface area contributed by atoms with Crippen molar-refractivity contribution in [3.05, 3.63) is 40.9 Å². The van der Waals surface area contributed by atoms with E-state index in [1.165, 1.54) is 17.8 Å². The standard InChI is InChI=1S/C11H7ClN2OS/c1-7-9(2-3-15-7)16-11-5-8(6-13)4-10(12)14-11/h2-5H,1H3. The normalized spacial score (nSPS) is 10.1. The van der Waals surface area contributed by atoms with Gasteiger partial charge in [-0.15, -0.1) is 0 Å². The molecule has 3 nitrogen and oxygen atoms in total. The average Bonchev–Trinajstić information content (AvgIpc) is 2.63. The minimum absolute atomic E-state index is 0.322. The molecule has 0 aliphatic carbocycles. The third kappa shape index (κ3) is 2.38. The Kier molecular flexibility index (Phi) is 3.18. The van der Waals surface area contributed by atoms with E-state index in [2.05, 4.69) is 4.98 Å². The summed E-state index contributed by atoms with van der Waals surface area (Å²) in [7, 11) is 0. The van der Waals surface area contributed by atoms with E-state index in [0.717, 1.165) is 10.7 Å². The highest BCUT2D eigenvalue weighted by Gasteiger charge is 2.07. The highest BCUT2D eigenvalue weighted by molar-refractivity contribution is 7.99. The number of furan rings is 1. The molecule has 2 aromatic heterocycles. The topological polar surface area (TPSA) is 49.8 Å². The van der Waals surface area contributed by atoms with Crippen molar-refractivity contribution in [3.8, 4) is 6.07 Å². The average molecular weight is 251 g/mol. The lowest BCUT2D eigenvalue weighted by atomic mass is 10.3. The Labute approximate surface area is 102 Å². The third-order valence-corrected chi connectivity index (χ3v) is 3.18. The van der Waals surface area contributed by atoms with Gasteiger partial charge in [-0.3, -0.25) is 0 Å². The number of aromatic nitrogens is 1. The molecule has 5 heteroatoms. The fourth-order valence-corrected chi connectivity index (χ4v) is 2.31. The maximum absolute atomic E-state index is 8.80. The largest absolute Gasteiger partial charge is 0.468 e. The number of hydrogen-bond acceptors (Lipinski definition) is 4. The van der Waals surface area contributed by atoms with Crippen LogP contribution in [0.4, 0.5) is 0 Å². The van der Waals surface area contributed by atoms with Crippen molar-refractivity contribution >= 4 is 23.4 Å². The molecule has 16 heavy (non-hydrogen) atoms. The summed E-state index contributed by atoms with van der Waals surface area (Å²) in [4.78, 5) is 5.10. The van der Waals surface area contributed by atoms with Crippen LogP contribution in [-0.4, -0.2) is 4.98 Å². The minimum atomic E-state index is 0.322. The molecule has 2 aromatic rings. The monoisotopic (exact) mass is 250 g/mol. The molecule has 0 bridgehead atoms. The summed E-state index contributed by atoms with van der Waals surface area (Å²) in [6, 6.07) is 7.13. The number of halogens is 1. The molecule has 0 aromatic carbocycles. The van der Waals surface area contributed by atoms with Gasteiger partial charge in [-0.1, -0.05) is 23.4 Å². The Hall–Kier alpha value is -1.44. The van der Waals surface area contributed by atoms with E-state index >= 15 is 0 Å². The van der Waals surface area contributed by atoms with Gasteiger partial charge < -0.3 is 4.42 Å². The molecular formula is C11H7ClN2OS. The van der Waals surface area contributed by atoms with Crippen LogP contribution in [0.15, 0.2) is 38.8 Å². The van der Waals surface area contributed by atoms with Crippen molar-refractivity contribution in [3.63, 3.8) is 0 Å². The molecule has 80 valence electrons. The number of rotatable bonds is 2. The first-order chi connectivity index (χ1) is 7.69. The molecule has 0 aliphatic heterocycles. The van der Waals surface area contributed by atoms with Gasteiger partial charge in [0.2, 0.25) is 0 Å². The van der Waals surface area contributed by atoms with Gasteiger partial charge in [0.25, 0.3) is 0 Å². The molecule has 0 saturated carbocycles. The predicted molar refractivity (Wildman–Crippen MR) is 61.5 cm³/mol. The Morgan fingerprint density at radius 1 is 1.50 bits per heavy atom. The highest BCUT2D eigenvalue weighted by atomic mass is 35.5. The lowest BCUT2D eigenvalue weighted by Gasteiger charge is -2.00. The van der Waals surface area contributed by atoms with Gasteiger partial charge in [-0.2, -0.15) is 5.26 Å². The van der Waals surface area contributed by atoms with Gasteiger partial charge in [0.1, 0.15) is 15.9 Å². The summed E-state index contributed by atoms with van der Waals surface area (Å²) in [6.45, 7) is 1.87. The van der Waals surface area contributed by atoms with Crippen LogP contribution in [0.2, 0.25) is 5.15 Å². The summed E-state index contributed by atoms with van der Waals surface area (Å²) in [6.07, 6.45) is 1.62. The second-order valence-corrected chi connectivity index (χ2v) is 4.52. The van der Waals surface area contributed by atoms with Crippen LogP contribution in [0.5, 0.6) is 0 Å². The van der Waals surface area contributed by atoms with Crippen molar-refractivity contribution in [2.45, 2.75) is 16.8 Å². The molecule has 0 unspecified atom stereocenters. The molecule has 0 fully saturated rings. The second-order valence-electron chi connectivity index (χ2n) is 3.07. The summed E-state index contributed by atoms with van der Waals surface area (Å²) in [5.74, 6) is 0.824. The van der Waals surface area contributed by atoms with Gasteiger partial charge in [-0.25, -0.2) is 4.98 Å². The van der Waals surface area contributed by atoms with E-state index in [4.69, 9.17) is 21.3 Å². The molecule has 0 amide bonds. The third-order valence-electron chi connectivity index (χ3n) is 1.93. The summed E-state index contributed by atoms with van der Waals surface area (Å²) in [5, 5.41) is 9.81. The van der Waals surface area contributed by atoms with Crippen molar-refractivity contribution in [1.82, 2.24) is 4.98 Å². The van der Waals surface area contributed by atoms with Crippen LogP contribution in [0, 0.1) is 18.3 Å². The predicted octanol–water partition coefficient (Wildman–Crippen LogP) is 3.66. The molecule has 2 rings (SSSR count). The van der Waals surface area contributed by atoms with Gasteiger partial charge >= 0.3 is 0 Å². The fourth-order valence-electron chi connectivity index (χ4n) is 1.18. The number of aryl methyl sites for hydroxylation is 1. The first-order valence-electron chi connectivity index (χ1n) is 4.48. The zero-order chi connectivity index (χ0) is 11.5. The van der Waals surface area contributed by atoms with Crippen LogP contribution in [-0.2, 0) is 0 Å². The Morgan fingerprint density at radius 2 is 2.31 bits per heavy atom.